The van der Waals surface area contributed by atoms with E-state index in [1.54, 1.807) is 24.3 Å². The molecule has 0 fully saturated rings. The molecular formula is C14H11BrClNO2. The van der Waals surface area contributed by atoms with Crippen molar-refractivity contribution in [3.05, 3.63) is 63.6 Å². The van der Waals surface area contributed by atoms with Crippen molar-refractivity contribution in [3.63, 3.8) is 0 Å². The quantitative estimate of drug-likeness (QED) is 0.867. The van der Waals surface area contributed by atoms with Gasteiger partial charge < -0.3 is 4.74 Å². The van der Waals surface area contributed by atoms with Gasteiger partial charge in [-0.1, -0.05) is 39.7 Å². The normalized spacial score (nSPS) is 10.0. The maximum absolute atomic E-state index is 11.6. The monoisotopic (exact) mass is 339 g/mol. The van der Waals surface area contributed by atoms with Gasteiger partial charge in [-0.25, -0.2) is 4.79 Å². The largest absolute Gasteiger partial charge is 0.444 e. The minimum absolute atomic E-state index is 0.208. The summed E-state index contributed by atoms with van der Waals surface area (Å²) in [4.78, 5) is 11.6. The molecule has 98 valence electrons. The molecule has 0 atom stereocenters. The molecule has 0 heterocycles. The number of halogens is 2. The van der Waals surface area contributed by atoms with Crippen LogP contribution in [0.4, 0.5) is 10.5 Å². The van der Waals surface area contributed by atoms with Crippen molar-refractivity contribution in [2.75, 3.05) is 5.32 Å². The molecule has 0 aliphatic rings. The van der Waals surface area contributed by atoms with Crippen molar-refractivity contribution in [2.45, 2.75) is 6.61 Å². The van der Waals surface area contributed by atoms with Crippen LogP contribution in [-0.4, -0.2) is 6.09 Å². The van der Waals surface area contributed by atoms with Crippen molar-refractivity contribution in [1.82, 2.24) is 0 Å². The summed E-state index contributed by atoms with van der Waals surface area (Å²) in [7, 11) is 0. The molecule has 0 saturated carbocycles. The molecule has 5 heteroatoms. The van der Waals surface area contributed by atoms with E-state index in [4.69, 9.17) is 16.3 Å². The average Bonchev–Trinajstić information content (AvgIpc) is 2.41. The lowest BCUT2D eigenvalue weighted by atomic mass is 10.2. The van der Waals surface area contributed by atoms with Crippen LogP contribution >= 0.6 is 27.5 Å². The standard InChI is InChI=1S/C14H11BrClNO2/c15-11-3-7-13(8-4-11)17-14(18)19-9-10-1-5-12(16)6-2-10/h1-8H,9H2,(H,17,18). The molecule has 0 aliphatic carbocycles. The predicted octanol–water partition coefficient (Wildman–Crippen LogP) is 4.85. The number of ether oxygens (including phenoxy) is 1. The Morgan fingerprint density at radius 3 is 2.37 bits per heavy atom. The number of amides is 1. The van der Waals surface area contributed by atoms with Gasteiger partial charge in [0.05, 0.1) is 0 Å². The third kappa shape index (κ3) is 4.58. The zero-order valence-electron chi connectivity index (χ0n) is 9.90. The number of benzene rings is 2. The molecule has 19 heavy (non-hydrogen) atoms. The first-order chi connectivity index (χ1) is 9.13. The van der Waals surface area contributed by atoms with Crippen LogP contribution in [0.2, 0.25) is 5.02 Å². The Morgan fingerprint density at radius 1 is 1.11 bits per heavy atom. The average molecular weight is 341 g/mol. The van der Waals surface area contributed by atoms with Gasteiger partial charge in [-0.2, -0.15) is 0 Å². The van der Waals surface area contributed by atoms with E-state index < -0.39 is 6.09 Å². The van der Waals surface area contributed by atoms with E-state index in [2.05, 4.69) is 21.2 Å². The molecule has 1 N–H and O–H groups in total. The van der Waals surface area contributed by atoms with Crippen molar-refractivity contribution in [1.29, 1.82) is 0 Å². The highest BCUT2D eigenvalue weighted by Gasteiger charge is 2.03. The molecule has 0 aromatic heterocycles. The zero-order chi connectivity index (χ0) is 13.7. The highest BCUT2D eigenvalue weighted by Crippen LogP contribution is 2.15. The van der Waals surface area contributed by atoms with Gasteiger partial charge in [-0.05, 0) is 42.0 Å². The number of hydrogen-bond acceptors (Lipinski definition) is 2. The van der Waals surface area contributed by atoms with Gasteiger partial charge in [0.1, 0.15) is 6.61 Å². The molecule has 0 radical (unpaired) electrons. The Morgan fingerprint density at radius 2 is 1.74 bits per heavy atom. The topological polar surface area (TPSA) is 38.3 Å². The van der Waals surface area contributed by atoms with Crippen LogP contribution in [0.1, 0.15) is 5.56 Å². The number of carbonyl (C=O) groups excluding carboxylic acids is 1. The fourth-order valence-electron chi connectivity index (χ4n) is 1.42. The molecule has 0 aliphatic heterocycles. The van der Waals surface area contributed by atoms with Crippen LogP contribution < -0.4 is 5.32 Å². The van der Waals surface area contributed by atoms with Gasteiger partial charge in [0.25, 0.3) is 0 Å². The Labute approximate surface area is 124 Å². The molecular weight excluding hydrogens is 330 g/mol. The molecule has 0 spiro atoms. The van der Waals surface area contributed by atoms with Crippen molar-refractivity contribution < 1.29 is 9.53 Å². The van der Waals surface area contributed by atoms with Gasteiger partial charge in [0.2, 0.25) is 0 Å². The zero-order valence-corrected chi connectivity index (χ0v) is 12.2. The Bertz CT molecular complexity index is 555. The highest BCUT2D eigenvalue weighted by atomic mass is 79.9. The van der Waals surface area contributed by atoms with Gasteiger partial charge in [-0.15, -0.1) is 0 Å². The van der Waals surface area contributed by atoms with Crippen LogP contribution in [0, 0.1) is 0 Å². The summed E-state index contributed by atoms with van der Waals surface area (Å²) in [6, 6.07) is 14.4. The Balaban J connectivity index is 1.84. The lowest BCUT2D eigenvalue weighted by Gasteiger charge is -2.07. The second-order valence-corrected chi connectivity index (χ2v) is 5.19. The first kappa shape index (κ1) is 13.9. The molecule has 0 bridgehead atoms. The molecule has 2 aromatic carbocycles. The second kappa shape index (κ2) is 6.59. The molecule has 0 unspecified atom stereocenters. The van der Waals surface area contributed by atoms with Crippen LogP contribution in [0.25, 0.3) is 0 Å². The van der Waals surface area contributed by atoms with Crippen LogP contribution in [0.15, 0.2) is 53.0 Å². The smallest absolute Gasteiger partial charge is 0.411 e. The summed E-state index contributed by atoms with van der Waals surface area (Å²) in [5.74, 6) is 0. The molecule has 3 nitrogen and oxygen atoms in total. The summed E-state index contributed by atoms with van der Waals surface area (Å²) in [5, 5.41) is 3.30. The second-order valence-electron chi connectivity index (χ2n) is 3.83. The number of hydrogen-bond donors (Lipinski definition) is 1. The van der Waals surface area contributed by atoms with Crippen molar-refractivity contribution in [2.24, 2.45) is 0 Å². The highest BCUT2D eigenvalue weighted by molar-refractivity contribution is 9.10. The minimum Gasteiger partial charge on any atom is -0.444 e. The minimum atomic E-state index is -0.489. The van der Waals surface area contributed by atoms with Crippen LogP contribution in [0.5, 0.6) is 0 Å². The van der Waals surface area contributed by atoms with Gasteiger partial charge in [0.15, 0.2) is 0 Å². The van der Waals surface area contributed by atoms with E-state index in [1.165, 1.54) is 0 Å². The fourth-order valence-corrected chi connectivity index (χ4v) is 1.81. The van der Waals surface area contributed by atoms with Gasteiger partial charge >= 0.3 is 6.09 Å². The lowest BCUT2D eigenvalue weighted by Crippen LogP contribution is -2.13. The van der Waals surface area contributed by atoms with Crippen LogP contribution in [0.3, 0.4) is 0 Å². The number of rotatable bonds is 3. The summed E-state index contributed by atoms with van der Waals surface area (Å²) < 4.78 is 6.05. The van der Waals surface area contributed by atoms with Gasteiger partial charge in [0, 0.05) is 15.2 Å². The Kier molecular flexibility index (Phi) is 4.82. The third-order valence-corrected chi connectivity index (χ3v) is 3.15. The predicted molar refractivity (Wildman–Crippen MR) is 79.4 cm³/mol. The maximum atomic E-state index is 11.6. The molecule has 0 saturated heterocycles. The van der Waals surface area contributed by atoms with E-state index in [0.717, 1.165) is 10.0 Å². The molecule has 2 rings (SSSR count). The maximum Gasteiger partial charge on any atom is 0.411 e. The van der Waals surface area contributed by atoms with Crippen molar-refractivity contribution >= 4 is 39.3 Å². The summed E-state index contributed by atoms with van der Waals surface area (Å²) in [6.45, 7) is 0.208. The van der Waals surface area contributed by atoms with Gasteiger partial charge in [-0.3, -0.25) is 5.32 Å². The fraction of sp³-hybridized carbons (Fsp3) is 0.0714. The Hall–Kier alpha value is -1.52. The van der Waals surface area contributed by atoms with E-state index in [-0.39, 0.29) is 6.61 Å². The number of carbonyl (C=O) groups is 1. The molecule has 1 amide bonds. The lowest BCUT2D eigenvalue weighted by molar-refractivity contribution is 0.155. The summed E-state index contributed by atoms with van der Waals surface area (Å²) >= 11 is 9.09. The summed E-state index contributed by atoms with van der Waals surface area (Å²) in [5.41, 5.74) is 1.57. The number of anilines is 1. The first-order valence-corrected chi connectivity index (χ1v) is 6.74. The number of nitrogens with one attached hydrogen (secondary N) is 1. The van der Waals surface area contributed by atoms with E-state index in [1.807, 2.05) is 24.3 Å². The van der Waals surface area contributed by atoms with E-state index in [9.17, 15) is 4.79 Å². The van der Waals surface area contributed by atoms with Crippen molar-refractivity contribution in [3.8, 4) is 0 Å². The van der Waals surface area contributed by atoms with E-state index in [0.29, 0.717) is 10.7 Å². The first-order valence-electron chi connectivity index (χ1n) is 5.57. The van der Waals surface area contributed by atoms with E-state index >= 15 is 0 Å². The summed E-state index contributed by atoms with van der Waals surface area (Å²) in [6.07, 6.45) is -0.489. The SMILES string of the molecule is O=C(Nc1ccc(Br)cc1)OCc1ccc(Cl)cc1. The van der Waals surface area contributed by atoms with Crippen LogP contribution in [-0.2, 0) is 11.3 Å². The third-order valence-electron chi connectivity index (χ3n) is 2.37. The molecule has 2 aromatic rings.